The summed E-state index contributed by atoms with van der Waals surface area (Å²) in [5.74, 6) is -1.11. The molecule has 2 aliphatic heterocycles. The highest BCUT2D eigenvalue weighted by Crippen LogP contribution is 2.36. The van der Waals surface area contributed by atoms with E-state index in [4.69, 9.17) is 4.74 Å². The Labute approximate surface area is 241 Å². The molecule has 0 saturated carbocycles. The zero-order chi connectivity index (χ0) is 29.1. The molecule has 8 nitrogen and oxygen atoms in total. The van der Waals surface area contributed by atoms with E-state index in [1.807, 2.05) is 26.0 Å². The van der Waals surface area contributed by atoms with Gasteiger partial charge >= 0.3 is 0 Å². The van der Waals surface area contributed by atoms with Crippen LogP contribution in [0.4, 0.5) is 4.39 Å². The van der Waals surface area contributed by atoms with Crippen LogP contribution in [0.3, 0.4) is 0 Å². The second kappa shape index (κ2) is 12.7. The van der Waals surface area contributed by atoms with Crippen LogP contribution in [0.25, 0.3) is 0 Å². The second-order valence-corrected chi connectivity index (χ2v) is 11.9. The van der Waals surface area contributed by atoms with Crippen molar-refractivity contribution in [3.05, 3.63) is 71.0 Å². The maximum atomic E-state index is 14.5. The molecule has 0 radical (unpaired) electrons. The number of carbonyl (C=O) groups is 3. The van der Waals surface area contributed by atoms with Crippen molar-refractivity contribution in [1.29, 1.82) is 0 Å². The topological polar surface area (TPSA) is 82.2 Å². The molecule has 2 aromatic rings. The van der Waals surface area contributed by atoms with Crippen molar-refractivity contribution in [2.45, 2.75) is 51.2 Å². The molecule has 3 aliphatic rings. The first kappa shape index (κ1) is 29.2. The molecule has 0 bridgehead atoms. The van der Waals surface area contributed by atoms with Crippen molar-refractivity contribution in [2.24, 2.45) is 11.8 Å². The average Bonchev–Trinajstić information content (AvgIpc) is 3.40. The lowest BCUT2D eigenvalue weighted by Crippen LogP contribution is -2.67. The van der Waals surface area contributed by atoms with E-state index < -0.39 is 23.9 Å². The van der Waals surface area contributed by atoms with E-state index in [1.165, 1.54) is 23.3 Å². The number of ether oxygens (including phenoxy) is 1. The van der Waals surface area contributed by atoms with Crippen molar-refractivity contribution < 1.29 is 23.5 Å². The third-order valence-corrected chi connectivity index (χ3v) is 8.70. The predicted molar refractivity (Wildman–Crippen MR) is 153 cm³/mol. The summed E-state index contributed by atoms with van der Waals surface area (Å²) in [7, 11) is 1.67. The minimum atomic E-state index is -1.02. The average molecular weight is 565 g/mol. The quantitative estimate of drug-likeness (QED) is 0.507. The van der Waals surface area contributed by atoms with Gasteiger partial charge in [-0.05, 0) is 59.9 Å². The van der Waals surface area contributed by atoms with Gasteiger partial charge in [-0.15, -0.1) is 0 Å². The number of nitrogens with zero attached hydrogens (tertiary/aromatic N) is 3. The van der Waals surface area contributed by atoms with E-state index in [9.17, 15) is 18.8 Å². The Morgan fingerprint density at radius 2 is 1.63 bits per heavy atom. The Morgan fingerprint density at radius 1 is 1.00 bits per heavy atom. The van der Waals surface area contributed by atoms with Crippen LogP contribution in [0.5, 0.6) is 0 Å². The number of amides is 3. The van der Waals surface area contributed by atoms with Gasteiger partial charge in [0.15, 0.2) is 0 Å². The van der Waals surface area contributed by atoms with E-state index in [0.717, 1.165) is 6.54 Å². The van der Waals surface area contributed by atoms with Gasteiger partial charge in [0.1, 0.15) is 23.9 Å². The number of hydrogen-bond acceptors (Lipinski definition) is 5. The number of halogens is 1. The van der Waals surface area contributed by atoms with Crippen LogP contribution in [0.1, 0.15) is 43.0 Å². The first-order valence-electron chi connectivity index (χ1n) is 14.7. The molecule has 2 aromatic carbocycles. The predicted octanol–water partition coefficient (Wildman–Crippen LogP) is 2.81. The molecule has 1 aliphatic carbocycles. The maximum absolute atomic E-state index is 14.5. The second-order valence-electron chi connectivity index (χ2n) is 11.9. The number of fused-ring (bicyclic) bond motifs is 1. The van der Waals surface area contributed by atoms with Crippen molar-refractivity contribution in [3.8, 4) is 0 Å². The molecule has 5 rings (SSSR count). The van der Waals surface area contributed by atoms with Gasteiger partial charge < -0.3 is 19.9 Å². The van der Waals surface area contributed by atoms with Crippen LogP contribution in [0.2, 0.25) is 0 Å². The molecule has 0 spiro atoms. The molecule has 220 valence electrons. The zero-order valence-electron chi connectivity index (χ0n) is 24.2. The Bertz CT molecular complexity index is 1220. The molecule has 2 saturated heterocycles. The Hall–Kier alpha value is -3.30. The third kappa shape index (κ3) is 6.31. The summed E-state index contributed by atoms with van der Waals surface area (Å²) in [6, 6.07) is 11.3. The zero-order valence-corrected chi connectivity index (χ0v) is 24.2. The SMILES string of the molecule is COCCN1CCN(C(=O)[C@@H](c2ccc(F)cc2)N2C(=O)C(C3Cc4ccccc4C3)NC(=O)[C@H]2CC(C)C)CC1. The fourth-order valence-corrected chi connectivity index (χ4v) is 6.53. The normalized spacial score (nSPS) is 22.7. The van der Waals surface area contributed by atoms with Crippen molar-refractivity contribution in [3.63, 3.8) is 0 Å². The molecule has 2 heterocycles. The van der Waals surface area contributed by atoms with Crippen molar-refractivity contribution >= 4 is 17.7 Å². The molecular weight excluding hydrogens is 523 g/mol. The van der Waals surface area contributed by atoms with Gasteiger partial charge in [-0.25, -0.2) is 4.39 Å². The molecule has 0 aromatic heterocycles. The lowest BCUT2D eigenvalue weighted by molar-refractivity contribution is -0.160. The van der Waals surface area contributed by atoms with Crippen molar-refractivity contribution in [2.75, 3.05) is 46.4 Å². The van der Waals surface area contributed by atoms with Gasteiger partial charge in [-0.3, -0.25) is 19.3 Å². The fourth-order valence-electron chi connectivity index (χ4n) is 6.53. The first-order valence-corrected chi connectivity index (χ1v) is 14.7. The monoisotopic (exact) mass is 564 g/mol. The fraction of sp³-hybridized carbons (Fsp3) is 0.531. The summed E-state index contributed by atoms with van der Waals surface area (Å²) in [5, 5.41) is 3.05. The van der Waals surface area contributed by atoms with E-state index in [0.29, 0.717) is 57.6 Å². The highest BCUT2D eigenvalue weighted by Gasteiger charge is 2.50. The third-order valence-electron chi connectivity index (χ3n) is 8.70. The standard InChI is InChI=1S/C32H41FN4O4/c1-21(2)18-27-30(38)34-28(25-19-23-6-4-5-7-24(23)20-25)31(39)37(27)29(22-8-10-26(33)11-9-22)32(40)36-14-12-35(13-15-36)16-17-41-3/h4-11,21,25,27-29H,12-20H2,1-3H3,(H,34,38)/t27-,28?,29-/m1/s1. The van der Waals surface area contributed by atoms with Crippen LogP contribution in [0.15, 0.2) is 48.5 Å². The molecule has 41 heavy (non-hydrogen) atoms. The van der Waals surface area contributed by atoms with Crippen LogP contribution >= 0.6 is 0 Å². The minimum Gasteiger partial charge on any atom is -0.383 e. The number of benzene rings is 2. The lowest BCUT2D eigenvalue weighted by atomic mass is 9.87. The summed E-state index contributed by atoms with van der Waals surface area (Å²) >= 11 is 0. The van der Waals surface area contributed by atoms with Gasteiger partial charge in [-0.2, -0.15) is 0 Å². The summed E-state index contributed by atoms with van der Waals surface area (Å²) in [4.78, 5) is 48.2. The van der Waals surface area contributed by atoms with E-state index in [-0.39, 0.29) is 29.6 Å². The van der Waals surface area contributed by atoms with Gasteiger partial charge in [0.2, 0.25) is 17.7 Å². The number of rotatable bonds is 9. The number of piperazine rings is 2. The molecular formula is C32H41FN4O4. The summed E-state index contributed by atoms with van der Waals surface area (Å²) < 4.78 is 19.2. The molecule has 1 unspecified atom stereocenters. The molecule has 9 heteroatoms. The van der Waals surface area contributed by atoms with Gasteiger partial charge in [0.25, 0.3) is 0 Å². The Morgan fingerprint density at radius 3 is 2.22 bits per heavy atom. The number of nitrogens with one attached hydrogen (secondary N) is 1. The summed E-state index contributed by atoms with van der Waals surface area (Å²) in [6.45, 7) is 7.80. The Balaban J connectivity index is 1.48. The lowest BCUT2D eigenvalue weighted by Gasteiger charge is -2.46. The van der Waals surface area contributed by atoms with Gasteiger partial charge in [0.05, 0.1) is 6.61 Å². The highest BCUT2D eigenvalue weighted by molar-refractivity contribution is 6.00. The number of hydrogen-bond donors (Lipinski definition) is 1. The summed E-state index contributed by atoms with van der Waals surface area (Å²) in [6.07, 6.45) is 1.80. The molecule has 3 amide bonds. The van der Waals surface area contributed by atoms with Gasteiger partial charge in [0, 0.05) is 39.8 Å². The van der Waals surface area contributed by atoms with Gasteiger partial charge in [-0.1, -0.05) is 50.2 Å². The van der Waals surface area contributed by atoms with Crippen LogP contribution in [-0.4, -0.2) is 90.9 Å². The minimum absolute atomic E-state index is 0.0975. The number of methoxy groups -OCH3 is 1. The van der Waals surface area contributed by atoms with Crippen LogP contribution in [-0.2, 0) is 32.0 Å². The Kier molecular flexibility index (Phi) is 9.04. The molecule has 3 atom stereocenters. The van der Waals surface area contributed by atoms with Crippen LogP contribution < -0.4 is 5.32 Å². The largest absolute Gasteiger partial charge is 0.383 e. The summed E-state index contributed by atoms with van der Waals surface area (Å²) in [5.41, 5.74) is 2.89. The van der Waals surface area contributed by atoms with E-state index in [1.54, 1.807) is 29.0 Å². The first-order chi connectivity index (χ1) is 19.8. The highest BCUT2D eigenvalue weighted by atomic mass is 19.1. The molecule has 2 fully saturated rings. The number of carbonyl (C=O) groups excluding carboxylic acids is 3. The van der Waals surface area contributed by atoms with E-state index in [2.05, 4.69) is 22.3 Å². The smallest absolute Gasteiger partial charge is 0.250 e. The van der Waals surface area contributed by atoms with Crippen molar-refractivity contribution in [1.82, 2.24) is 20.0 Å². The van der Waals surface area contributed by atoms with Crippen LogP contribution in [0, 0.1) is 17.7 Å². The maximum Gasteiger partial charge on any atom is 0.250 e. The molecule has 1 N–H and O–H groups in total. The van der Waals surface area contributed by atoms with E-state index >= 15 is 0 Å².